The quantitative estimate of drug-likeness (QED) is 0.645. The average Bonchev–Trinajstić information content (AvgIpc) is 2.23. The molecule has 0 spiro atoms. The molecule has 0 radical (unpaired) electrons. The Bertz CT molecular complexity index is 307. The Hall–Kier alpha value is -1.24. The monoisotopic (exact) mass is 188 g/mol. The van der Waals surface area contributed by atoms with Gasteiger partial charge < -0.3 is 4.74 Å². The van der Waals surface area contributed by atoms with Crippen LogP contribution >= 0.6 is 0 Å². The van der Waals surface area contributed by atoms with Gasteiger partial charge in [-0.1, -0.05) is 31.2 Å². The first kappa shape index (κ1) is 9.32. The first-order chi connectivity index (χ1) is 6.84. The van der Waals surface area contributed by atoms with Crippen molar-refractivity contribution in [3.05, 3.63) is 48.3 Å². The Morgan fingerprint density at radius 3 is 2.79 bits per heavy atom. The second-order valence-electron chi connectivity index (χ2n) is 3.88. The van der Waals surface area contributed by atoms with Crippen LogP contribution in [0.4, 0.5) is 0 Å². The van der Waals surface area contributed by atoms with E-state index in [1.54, 1.807) is 0 Å². The summed E-state index contributed by atoms with van der Waals surface area (Å²) in [6, 6.07) is 0. The number of rotatable bonds is 2. The van der Waals surface area contributed by atoms with Gasteiger partial charge in [-0.2, -0.15) is 0 Å². The molecule has 0 fully saturated rings. The molecule has 0 N–H and O–H groups in total. The lowest BCUT2D eigenvalue weighted by molar-refractivity contribution is 0.164. The van der Waals surface area contributed by atoms with Crippen molar-refractivity contribution in [1.29, 1.82) is 0 Å². The summed E-state index contributed by atoms with van der Waals surface area (Å²) >= 11 is 0. The van der Waals surface area contributed by atoms with Gasteiger partial charge in [-0.05, 0) is 30.6 Å². The molecular weight excluding hydrogens is 172 g/mol. The lowest BCUT2D eigenvalue weighted by Crippen LogP contribution is -2.10. The summed E-state index contributed by atoms with van der Waals surface area (Å²) in [6.07, 6.45) is 17.1. The maximum atomic E-state index is 5.82. The highest BCUT2D eigenvalue weighted by Gasteiger charge is 2.09. The van der Waals surface area contributed by atoms with Crippen molar-refractivity contribution >= 4 is 0 Å². The molecule has 1 nitrogen and oxygen atoms in total. The Labute approximate surface area is 85.5 Å². The summed E-state index contributed by atoms with van der Waals surface area (Å²) in [5.74, 6) is 1.68. The first-order valence-electron chi connectivity index (χ1n) is 5.23. The van der Waals surface area contributed by atoms with Gasteiger partial charge in [0.1, 0.15) is 11.9 Å². The van der Waals surface area contributed by atoms with Gasteiger partial charge in [-0.15, -0.1) is 0 Å². The smallest absolute Gasteiger partial charge is 0.121 e. The summed E-state index contributed by atoms with van der Waals surface area (Å²) in [6.45, 7) is 2.22. The molecular formula is C13H16O. The van der Waals surface area contributed by atoms with E-state index in [2.05, 4.69) is 43.4 Å². The Morgan fingerprint density at radius 1 is 1.21 bits per heavy atom. The molecule has 0 bridgehead atoms. The summed E-state index contributed by atoms with van der Waals surface area (Å²) in [5, 5.41) is 0. The van der Waals surface area contributed by atoms with Gasteiger partial charge >= 0.3 is 0 Å². The van der Waals surface area contributed by atoms with Gasteiger partial charge in [0.15, 0.2) is 0 Å². The van der Waals surface area contributed by atoms with Crippen LogP contribution in [0.15, 0.2) is 48.3 Å². The molecule has 2 atom stereocenters. The van der Waals surface area contributed by atoms with Gasteiger partial charge in [-0.25, -0.2) is 0 Å². The fourth-order valence-corrected chi connectivity index (χ4v) is 1.62. The topological polar surface area (TPSA) is 9.23 Å². The second-order valence-corrected chi connectivity index (χ2v) is 3.88. The van der Waals surface area contributed by atoms with Gasteiger partial charge in [0.2, 0.25) is 0 Å². The predicted octanol–water partition coefficient (Wildman–Crippen LogP) is 3.37. The zero-order chi connectivity index (χ0) is 9.80. The van der Waals surface area contributed by atoms with E-state index in [-0.39, 0.29) is 6.10 Å². The molecule has 0 aromatic carbocycles. The molecule has 2 aliphatic carbocycles. The number of ether oxygens (including phenoxy) is 1. The van der Waals surface area contributed by atoms with Crippen molar-refractivity contribution in [1.82, 2.24) is 0 Å². The molecule has 2 unspecified atom stereocenters. The summed E-state index contributed by atoms with van der Waals surface area (Å²) < 4.78 is 5.82. The third kappa shape index (κ3) is 2.38. The standard InChI is InChI=1S/C13H16O/c1-11-7-9-13(10-8-11)14-12-5-3-2-4-6-12/h2-5,7,9-12H,6,8H2,1H3. The molecule has 0 saturated heterocycles. The van der Waals surface area contributed by atoms with Crippen LogP contribution in [0.3, 0.4) is 0 Å². The minimum absolute atomic E-state index is 0.226. The minimum atomic E-state index is 0.226. The minimum Gasteiger partial charge on any atom is -0.486 e. The zero-order valence-electron chi connectivity index (χ0n) is 8.52. The van der Waals surface area contributed by atoms with E-state index >= 15 is 0 Å². The van der Waals surface area contributed by atoms with E-state index in [4.69, 9.17) is 4.74 Å². The highest BCUT2D eigenvalue weighted by molar-refractivity contribution is 5.20. The van der Waals surface area contributed by atoms with Gasteiger partial charge in [0.25, 0.3) is 0 Å². The van der Waals surface area contributed by atoms with Gasteiger partial charge in [0, 0.05) is 6.42 Å². The fourth-order valence-electron chi connectivity index (χ4n) is 1.62. The van der Waals surface area contributed by atoms with Gasteiger partial charge in [0.05, 0.1) is 0 Å². The molecule has 2 rings (SSSR count). The predicted molar refractivity (Wildman–Crippen MR) is 58.8 cm³/mol. The fraction of sp³-hybridized carbons (Fsp3) is 0.385. The van der Waals surface area contributed by atoms with Crippen LogP contribution in [0, 0.1) is 5.92 Å². The number of hydrogen-bond acceptors (Lipinski definition) is 1. The Morgan fingerprint density at radius 2 is 2.14 bits per heavy atom. The number of allylic oxidation sites excluding steroid dienone is 5. The van der Waals surface area contributed by atoms with E-state index < -0.39 is 0 Å². The van der Waals surface area contributed by atoms with E-state index in [0.717, 1.165) is 18.6 Å². The third-order valence-corrected chi connectivity index (χ3v) is 2.51. The highest BCUT2D eigenvalue weighted by atomic mass is 16.5. The van der Waals surface area contributed by atoms with Crippen LogP contribution in [0.25, 0.3) is 0 Å². The SMILES string of the molecule is CC1C=CC(OC2C=CC=CC2)=CC1. The molecule has 14 heavy (non-hydrogen) atoms. The lowest BCUT2D eigenvalue weighted by atomic mass is 10.0. The normalized spacial score (nSPS) is 30.2. The van der Waals surface area contributed by atoms with Gasteiger partial charge in [-0.3, -0.25) is 0 Å². The van der Waals surface area contributed by atoms with Crippen LogP contribution in [0.1, 0.15) is 19.8 Å². The average molecular weight is 188 g/mol. The van der Waals surface area contributed by atoms with Crippen molar-refractivity contribution in [3.8, 4) is 0 Å². The number of hydrogen-bond donors (Lipinski definition) is 0. The first-order valence-corrected chi connectivity index (χ1v) is 5.23. The largest absolute Gasteiger partial charge is 0.486 e. The van der Waals surface area contributed by atoms with Crippen molar-refractivity contribution in [2.75, 3.05) is 0 Å². The molecule has 2 aliphatic rings. The van der Waals surface area contributed by atoms with Crippen LogP contribution in [-0.2, 0) is 4.74 Å². The Balaban J connectivity index is 1.89. The van der Waals surface area contributed by atoms with Crippen molar-refractivity contribution in [2.45, 2.75) is 25.9 Å². The Kier molecular flexibility index (Phi) is 2.87. The molecule has 1 heteroatoms. The second kappa shape index (κ2) is 4.32. The van der Waals surface area contributed by atoms with Crippen molar-refractivity contribution in [3.63, 3.8) is 0 Å². The van der Waals surface area contributed by atoms with Crippen LogP contribution in [0.2, 0.25) is 0 Å². The van der Waals surface area contributed by atoms with Crippen molar-refractivity contribution < 1.29 is 4.74 Å². The molecule has 0 aromatic heterocycles. The molecule has 0 saturated carbocycles. The molecule has 0 aliphatic heterocycles. The molecule has 74 valence electrons. The summed E-state index contributed by atoms with van der Waals surface area (Å²) in [4.78, 5) is 0. The maximum absolute atomic E-state index is 5.82. The summed E-state index contributed by atoms with van der Waals surface area (Å²) in [5.41, 5.74) is 0. The lowest BCUT2D eigenvalue weighted by Gasteiger charge is -2.19. The van der Waals surface area contributed by atoms with Crippen LogP contribution < -0.4 is 0 Å². The molecule has 0 aromatic rings. The third-order valence-electron chi connectivity index (χ3n) is 2.51. The summed E-state index contributed by atoms with van der Waals surface area (Å²) in [7, 11) is 0. The maximum Gasteiger partial charge on any atom is 0.121 e. The zero-order valence-corrected chi connectivity index (χ0v) is 8.52. The molecule has 0 amide bonds. The van der Waals surface area contributed by atoms with E-state index in [9.17, 15) is 0 Å². The van der Waals surface area contributed by atoms with E-state index in [1.807, 2.05) is 6.08 Å². The van der Waals surface area contributed by atoms with Crippen LogP contribution in [-0.4, -0.2) is 6.10 Å². The molecule has 0 heterocycles. The highest BCUT2D eigenvalue weighted by Crippen LogP contribution is 2.19. The van der Waals surface area contributed by atoms with E-state index in [0.29, 0.717) is 5.92 Å². The van der Waals surface area contributed by atoms with E-state index in [1.165, 1.54) is 0 Å². The van der Waals surface area contributed by atoms with Crippen LogP contribution in [0.5, 0.6) is 0 Å². The van der Waals surface area contributed by atoms with Crippen molar-refractivity contribution in [2.24, 2.45) is 5.92 Å².